The number of nitro groups is 1. The zero-order valence-corrected chi connectivity index (χ0v) is 10.1. The summed E-state index contributed by atoms with van der Waals surface area (Å²) in [6, 6.07) is 3.70. The van der Waals surface area contributed by atoms with Crippen molar-refractivity contribution in [1.82, 2.24) is 0 Å². The first-order valence-electron chi connectivity index (χ1n) is 5.44. The molecule has 0 unspecified atom stereocenters. The number of aliphatic carboxylic acids is 1. The normalized spacial score (nSPS) is 18.9. The van der Waals surface area contributed by atoms with Gasteiger partial charge in [0, 0.05) is 18.3 Å². The van der Waals surface area contributed by atoms with Gasteiger partial charge in [-0.05, 0) is 25.0 Å². The number of nitrogens with zero attached hydrogens (tertiary/aromatic N) is 2. The molecular weight excluding hydrogens is 260 g/mol. The Kier molecular flexibility index (Phi) is 3.38. The van der Waals surface area contributed by atoms with Crippen LogP contribution in [-0.2, 0) is 4.79 Å². The standard InChI is InChI=1S/C11H11ClN2O4/c12-8-6-7(3-4-9(8)14(17)18)13-5-1-2-10(13)11(15)16/h3-4,6,10H,1-2,5H2,(H,15,16)/t10-/m1/s1. The van der Waals surface area contributed by atoms with Gasteiger partial charge in [-0.15, -0.1) is 0 Å². The molecule has 0 aromatic heterocycles. The van der Waals surface area contributed by atoms with Crippen LogP contribution in [0.3, 0.4) is 0 Å². The summed E-state index contributed by atoms with van der Waals surface area (Å²) in [6.07, 6.45) is 1.36. The Labute approximate surface area is 108 Å². The second kappa shape index (κ2) is 4.81. The van der Waals surface area contributed by atoms with E-state index in [1.165, 1.54) is 18.2 Å². The van der Waals surface area contributed by atoms with Crippen molar-refractivity contribution in [3.63, 3.8) is 0 Å². The number of hydrogen-bond acceptors (Lipinski definition) is 4. The lowest BCUT2D eigenvalue weighted by molar-refractivity contribution is -0.384. The van der Waals surface area contributed by atoms with Crippen LogP contribution in [0.4, 0.5) is 11.4 Å². The first-order chi connectivity index (χ1) is 8.50. The van der Waals surface area contributed by atoms with Gasteiger partial charge in [-0.1, -0.05) is 11.6 Å². The fourth-order valence-corrected chi connectivity index (χ4v) is 2.40. The number of rotatable bonds is 3. The predicted molar refractivity (Wildman–Crippen MR) is 66.1 cm³/mol. The van der Waals surface area contributed by atoms with Gasteiger partial charge in [0.1, 0.15) is 11.1 Å². The summed E-state index contributed by atoms with van der Waals surface area (Å²) in [5.41, 5.74) is 0.432. The molecule has 0 bridgehead atoms. The molecule has 1 aliphatic rings. The molecule has 7 heteroatoms. The lowest BCUT2D eigenvalue weighted by atomic mass is 10.2. The number of carboxylic acid groups (broad SMARTS) is 1. The van der Waals surface area contributed by atoms with Gasteiger partial charge >= 0.3 is 5.97 Å². The van der Waals surface area contributed by atoms with Crippen molar-refractivity contribution >= 4 is 28.9 Å². The second-order valence-electron chi connectivity index (χ2n) is 4.08. The van der Waals surface area contributed by atoms with Gasteiger partial charge in [0.15, 0.2) is 0 Å². The summed E-state index contributed by atoms with van der Waals surface area (Å²) >= 11 is 5.81. The maximum absolute atomic E-state index is 11.1. The van der Waals surface area contributed by atoms with Crippen LogP contribution in [0, 0.1) is 10.1 Å². The summed E-state index contributed by atoms with van der Waals surface area (Å²) in [5.74, 6) is -0.887. The van der Waals surface area contributed by atoms with E-state index in [-0.39, 0.29) is 10.7 Å². The Balaban J connectivity index is 2.32. The Morgan fingerprint density at radius 1 is 1.56 bits per heavy atom. The molecule has 1 N–H and O–H groups in total. The van der Waals surface area contributed by atoms with E-state index < -0.39 is 16.9 Å². The smallest absolute Gasteiger partial charge is 0.326 e. The van der Waals surface area contributed by atoms with Crippen LogP contribution in [-0.4, -0.2) is 28.6 Å². The van der Waals surface area contributed by atoms with Crippen molar-refractivity contribution in [3.8, 4) is 0 Å². The van der Waals surface area contributed by atoms with Gasteiger partial charge in [0.25, 0.3) is 5.69 Å². The lowest BCUT2D eigenvalue weighted by Gasteiger charge is -2.23. The largest absolute Gasteiger partial charge is 0.480 e. The fraction of sp³-hybridized carbons (Fsp3) is 0.364. The molecule has 1 aliphatic heterocycles. The molecule has 18 heavy (non-hydrogen) atoms. The third kappa shape index (κ3) is 2.24. The fourth-order valence-electron chi connectivity index (χ4n) is 2.16. The highest BCUT2D eigenvalue weighted by Gasteiger charge is 2.31. The highest BCUT2D eigenvalue weighted by atomic mass is 35.5. The minimum absolute atomic E-state index is 0.0218. The molecule has 96 valence electrons. The number of nitro benzene ring substituents is 1. The number of benzene rings is 1. The molecule has 1 heterocycles. The average molecular weight is 271 g/mol. The third-order valence-electron chi connectivity index (χ3n) is 3.00. The van der Waals surface area contributed by atoms with E-state index in [1.54, 1.807) is 4.90 Å². The molecule has 1 aromatic carbocycles. The van der Waals surface area contributed by atoms with E-state index >= 15 is 0 Å². The minimum atomic E-state index is -0.887. The van der Waals surface area contributed by atoms with Gasteiger partial charge in [-0.2, -0.15) is 0 Å². The van der Waals surface area contributed by atoms with Gasteiger partial charge in [0.05, 0.1) is 4.92 Å². The van der Waals surface area contributed by atoms with Crippen molar-refractivity contribution < 1.29 is 14.8 Å². The van der Waals surface area contributed by atoms with Crippen molar-refractivity contribution in [2.24, 2.45) is 0 Å². The quantitative estimate of drug-likeness (QED) is 0.673. The van der Waals surface area contributed by atoms with E-state index in [0.29, 0.717) is 18.7 Å². The van der Waals surface area contributed by atoms with E-state index in [0.717, 1.165) is 6.42 Å². The van der Waals surface area contributed by atoms with Crippen molar-refractivity contribution in [3.05, 3.63) is 33.3 Å². The Bertz CT molecular complexity index is 506. The Morgan fingerprint density at radius 2 is 2.28 bits per heavy atom. The zero-order chi connectivity index (χ0) is 13.3. The molecule has 2 rings (SSSR count). The minimum Gasteiger partial charge on any atom is -0.480 e. The van der Waals surface area contributed by atoms with Crippen molar-refractivity contribution in [2.45, 2.75) is 18.9 Å². The SMILES string of the molecule is O=C(O)[C@H]1CCCN1c1ccc([N+](=O)[O-])c(Cl)c1. The molecule has 0 saturated carbocycles. The summed E-state index contributed by atoms with van der Waals surface area (Å²) < 4.78 is 0. The summed E-state index contributed by atoms with van der Waals surface area (Å²) in [7, 11) is 0. The highest BCUT2D eigenvalue weighted by molar-refractivity contribution is 6.32. The van der Waals surface area contributed by atoms with Crippen LogP contribution in [0.5, 0.6) is 0 Å². The van der Waals surface area contributed by atoms with Crippen LogP contribution in [0.1, 0.15) is 12.8 Å². The number of halogens is 1. The topological polar surface area (TPSA) is 83.7 Å². The van der Waals surface area contributed by atoms with E-state index in [2.05, 4.69) is 0 Å². The Morgan fingerprint density at radius 3 is 2.83 bits per heavy atom. The van der Waals surface area contributed by atoms with Crippen LogP contribution >= 0.6 is 11.6 Å². The lowest BCUT2D eigenvalue weighted by Crippen LogP contribution is -2.35. The molecular formula is C11H11ClN2O4. The summed E-state index contributed by atoms with van der Waals surface area (Å²) in [6.45, 7) is 0.616. The summed E-state index contributed by atoms with van der Waals surface area (Å²) in [4.78, 5) is 22.8. The second-order valence-corrected chi connectivity index (χ2v) is 4.49. The first-order valence-corrected chi connectivity index (χ1v) is 5.82. The van der Waals surface area contributed by atoms with E-state index in [1.807, 2.05) is 0 Å². The molecule has 0 amide bonds. The molecule has 1 fully saturated rings. The van der Waals surface area contributed by atoms with Crippen LogP contribution < -0.4 is 4.90 Å². The number of hydrogen-bond donors (Lipinski definition) is 1. The van der Waals surface area contributed by atoms with Crippen LogP contribution in [0.25, 0.3) is 0 Å². The highest BCUT2D eigenvalue weighted by Crippen LogP contribution is 2.32. The van der Waals surface area contributed by atoms with Crippen LogP contribution in [0.2, 0.25) is 5.02 Å². The van der Waals surface area contributed by atoms with E-state index in [9.17, 15) is 14.9 Å². The molecule has 0 aliphatic carbocycles. The predicted octanol–water partition coefficient (Wildman–Crippen LogP) is 2.30. The van der Waals surface area contributed by atoms with Gasteiger partial charge in [-0.3, -0.25) is 10.1 Å². The maximum Gasteiger partial charge on any atom is 0.326 e. The molecule has 0 radical (unpaired) electrons. The molecule has 6 nitrogen and oxygen atoms in total. The Hall–Kier alpha value is -1.82. The molecule has 0 spiro atoms. The summed E-state index contributed by atoms with van der Waals surface area (Å²) in [5, 5.41) is 19.7. The van der Waals surface area contributed by atoms with Crippen molar-refractivity contribution in [2.75, 3.05) is 11.4 Å². The number of anilines is 1. The molecule has 1 atom stereocenters. The monoisotopic (exact) mass is 270 g/mol. The van der Waals surface area contributed by atoms with Crippen molar-refractivity contribution in [1.29, 1.82) is 0 Å². The van der Waals surface area contributed by atoms with Gasteiger partial charge in [-0.25, -0.2) is 4.79 Å². The first kappa shape index (κ1) is 12.6. The third-order valence-corrected chi connectivity index (χ3v) is 3.30. The number of carboxylic acids is 1. The maximum atomic E-state index is 11.1. The van der Waals surface area contributed by atoms with Gasteiger partial charge < -0.3 is 10.0 Å². The molecule has 1 aromatic rings. The molecule has 1 saturated heterocycles. The zero-order valence-electron chi connectivity index (χ0n) is 9.38. The number of carbonyl (C=O) groups is 1. The van der Waals surface area contributed by atoms with E-state index in [4.69, 9.17) is 16.7 Å². The van der Waals surface area contributed by atoms with Gasteiger partial charge in [0.2, 0.25) is 0 Å². The average Bonchev–Trinajstić information content (AvgIpc) is 2.77. The van der Waals surface area contributed by atoms with Crippen LogP contribution in [0.15, 0.2) is 18.2 Å².